The van der Waals surface area contributed by atoms with Crippen LogP contribution in [-0.4, -0.2) is 46.2 Å². The molecule has 9 heteroatoms. The predicted molar refractivity (Wildman–Crippen MR) is 113 cm³/mol. The number of halogens is 3. The molecule has 0 amide bonds. The van der Waals surface area contributed by atoms with Crippen LogP contribution in [0.4, 0.5) is 13.2 Å². The summed E-state index contributed by atoms with van der Waals surface area (Å²) in [5, 5.41) is 18.9. The Hall–Kier alpha value is -3.17. The molecule has 0 spiro atoms. The van der Waals surface area contributed by atoms with Crippen molar-refractivity contribution in [3.05, 3.63) is 83.4 Å². The number of hydrogen-bond acceptors (Lipinski definition) is 4. The SMILES string of the molecule is FC(F)(F)c1ccccc1CN(Cc1ccccc1)[C@H]1CCNC1.O=C(O)/C=C/C(=O)O. The van der Waals surface area contributed by atoms with Gasteiger partial charge in [-0.1, -0.05) is 48.5 Å². The van der Waals surface area contributed by atoms with Crippen LogP contribution in [0.5, 0.6) is 0 Å². The fraction of sp³-hybridized carbons (Fsp3) is 0.304. The molecule has 172 valence electrons. The van der Waals surface area contributed by atoms with Crippen molar-refractivity contribution in [1.82, 2.24) is 10.2 Å². The zero-order valence-electron chi connectivity index (χ0n) is 17.3. The second-order valence-electron chi connectivity index (χ2n) is 7.20. The Kier molecular flexibility index (Phi) is 9.42. The lowest BCUT2D eigenvalue weighted by Crippen LogP contribution is -2.36. The molecule has 0 aliphatic carbocycles. The summed E-state index contributed by atoms with van der Waals surface area (Å²) in [6.07, 6.45) is -2.24. The molecule has 0 aromatic heterocycles. The van der Waals surface area contributed by atoms with Crippen LogP contribution in [0.15, 0.2) is 66.7 Å². The van der Waals surface area contributed by atoms with E-state index in [9.17, 15) is 22.8 Å². The van der Waals surface area contributed by atoms with Gasteiger partial charge in [0.25, 0.3) is 0 Å². The maximum Gasteiger partial charge on any atom is 0.416 e. The summed E-state index contributed by atoms with van der Waals surface area (Å²) in [5.41, 5.74) is 0.927. The van der Waals surface area contributed by atoms with Crippen LogP contribution < -0.4 is 5.32 Å². The van der Waals surface area contributed by atoms with Crippen molar-refractivity contribution >= 4 is 11.9 Å². The molecule has 2 aromatic carbocycles. The van der Waals surface area contributed by atoms with Crippen molar-refractivity contribution in [3.8, 4) is 0 Å². The van der Waals surface area contributed by atoms with Crippen LogP contribution in [0.1, 0.15) is 23.1 Å². The Morgan fingerprint density at radius 2 is 1.56 bits per heavy atom. The van der Waals surface area contributed by atoms with Gasteiger partial charge in [0.1, 0.15) is 0 Å². The van der Waals surface area contributed by atoms with Gasteiger partial charge in [-0.2, -0.15) is 13.2 Å². The lowest BCUT2D eigenvalue weighted by atomic mass is 10.0. The number of carbonyl (C=O) groups is 2. The molecular weight excluding hydrogens is 425 g/mol. The smallest absolute Gasteiger partial charge is 0.416 e. The molecule has 0 bridgehead atoms. The number of benzene rings is 2. The molecule has 0 saturated carbocycles. The average Bonchev–Trinajstić information content (AvgIpc) is 3.28. The number of carboxylic acids is 2. The monoisotopic (exact) mass is 450 g/mol. The van der Waals surface area contributed by atoms with Crippen LogP contribution in [-0.2, 0) is 28.9 Å². The third-order valence-corrected chi connectivity index (χ3v) is 4.84. The second-order valence-corrected chi connectivity index (χ2v) is 7.20. The lowest BCUT2D eigenvalue weighted by Gasteiger charge is -2.29. The third kappa shape index (κ3) is 8.52. The molecule has 1 aliphatic rings. The van der Waals surface area contributed by atoms with Crippen LogP contribution in [0, 0.1) is 0 Å². The van der Waals surface area contributed by atoms with E-state index in [-0.39, 0.29) is 6.04 Å². The largest absolute Gasteiger partial charge is 0.478 e. The fourth-order valence-electron chi connectivity index (χ4n) is 3.38. The maximum atomic E-state index is 13.3. The molecule has 1 saturated heterocycles. The average molecular weight is 450 g/mol. The molecule has 0 radical (unpaired) electrons. The molecule has 0 unspecified atom stereocenters. The molecule has 3 rings (SSSR count). The molecule has 6 nitrogen and oxygen atoms in total. The van der Waals surface area contributed by atoms with Gasteiger partial charge < -0.3 is 15.5 Å². The summed E-state index contributed by atoms with van der Waals surface area (Å²) in [6, 6.07) is 16.1. The number of hydrogen-bond donors (Lipinski definition) is 3. The van der Waals surface area contributed by atoms with Crippen molar-refractivity contribution in [3.63, 3.8) is 0 Å². The van der Waals surface area contributed by atoms with E-state index in [0.29, 0.717) is 30.8 Å². The quantitative estimate of drug-likeness (QED) is 0.557. The van der Waals surface area contributed by atoms with Crippen LogP contribution in [0.25, 0.3) is 0 Å². The summed E-state index contributed by atoms with van der Waals surface area (Å²) in [5.74, 6) is -2.51. The molecule has 1 heterocycles. The Labute approximate surface area is 184 Å². The second kappa shape index (κ2) is 12.0. The highest BCUT2D eigenvalue weighted by Crippen LogP contribution is 2.33. The van der Waals surface area contributed by atoms with Crippen molar-refractivity contribution < 1.29 is 33.0 Å². The van der Waals surface area contributed by atoms with Gasteiger partial charge >= 0.3 is 18.1 Å². The minimum absolute atomic E-state index is 0.256. The number of nitrogens with zero attached hydrogens (tertiary/aromatic N) is 1. The van der Waals surface area contributed by atoms with E-state index in [1.807, 2.05) is 30.3 Å². The highest BCUT2D eigenvalue weighted by atomic mass is 19.4. The van der Waals surface area contributed by atoms with E-state index in [0.717, 1.165) is 25.1 Å². The molecule has 32 heavy (non-hydrogen) atoms. The Balaban J connectivity index is 0.000000390. The third-order valence-electron chi connectivity index (χ3n) is 4.84. The number of alkyl halides is 3. The number of rotatable bonds is 7. The lowest BCUT2D eigenvalue weighted by molar-refractivity contribution is -0.138. The summed E-state index contributed by atoms with van der Waals surface area (Å²) in [4.78, 5) is 21.3. The van der Waals surface area contributed by atoms with E-state index in [4.69, 9.17) is 10.2 Å². The molecule has 1 fully saturated rings. The standard InChI is InChI=1S/C19H21F3N2.C4H4O4/c20-19(21,22)18-9-5-4-8-16(18)14-24(17-10-11-23-12-17)13-15-6-2-1-3-7-15;5-3(6)1-2-4(7)8/h1-9,17,23H,10-14H2;1-2H,(H,5,6)(H,7,8)/b;2-1+/t17-;/m0./s1. The highest BCUT2D eigenvalue weighted by molar-refractivity contribution is 5.89. The fourth-order valence-corrected chi connectivity index (χ4v) is 3.38. The Morgan fingerprint density at radius 3 is 2.09 bits per heavy atom. The minimum Gasteiger partial charge on any atom is -0.478 e. The van der Waals surface area contributed by atoms with Crippen LogP contribution in [0.3, 0.4) is 0 Å². The van der Waals surface area contributed by atoms with Crippen molar-refractivity contribution in [2.24, 2.45) is 0 Å². The van der Waals surface area contributed by atoms with E-state index in [1.165, 1.54) is 12.1 Å². The zero-order valence-corrected chi connectivity index (χ0v) is 17.3. The molecule has 2 aromatic rings. The first kappa shape index (κ1) is 25.1. The molecular formula is C23H25F3N2O4. The van der Waals surface area contributed by atoms with Gasteiger partial charge in [-0.05, 0) is 30.2 Å². The number of aliphatic carboxylic acids is 2. The van der Waals surface area contributed by atoms with Crippen molar-refractivity contribution in [2.45, 2.75) is 31.7 Å². The summed E-state index contributed by atoms with van der Waals surface area (Å²) in [7, 11) is 0. The van der Waals surface area contributed by atoms with Crippen molar-refractivity contribution in [2.75, 3.05) is 13.1 Å². The van der Waals surface area contributed by atoms with Crippen molar-refractivity contribution in [1.29, 1.82) is 0 Å². The summed E-state index contributed by atoms with van der Waals surface area (Å²) < 4.78 is 39.8. The van der Waals surface area contributed by atoms with Gasteiger partial charge in [-0.15, -0.1) is 0 Å². The normalized spacial score (nSPS) is 16.1. The van der Waals surface area contributed by atoms with Gasteiger partial charge in [0.2, 0.25) is 0 Å². The molecule has 1 aliphatic heterocycles. The van der Waals surface area contributed by atoms with Crippen LogP contribution >= 0.6 is 0 Å². The van der Waals surface area contributed by atoms with E-state index in [2.05, 4.69) is 10.2 Å². The summed E-state index contributed by atoms with van der Waals surface area (Å²) >= 11 is 0. The molecule has 3 N–H and O–H groups in total. The highest BCUT2D eigenvalue weighted by Gasteiger charge is 2.34. The first-order valence-electron chi connectivity index (χ1n) is 9.94. The topological polar surface area (TPSA) is 89.9 Å². The minimum atomic E-state index is -4.32. The number of nitrogens with one attached hydrogen (secondary N) is 1. The van der Waals surface area contributed by atoms with Gasteiger partial charge in [0.15, 0.2) is 0 Å². The summed E-state index contributed by atoms with van der Waals surface area (Å²) in [6.45, 7) is 2.69. The van der Waals surface area contributed by atoms with Gasteiger partial charge in [0, 0.05) is 37.8 Å². The van der Waals surface area contributed by atoms with E-state index >= 15 is 0 Å². The molecule has 1 atom stereocenters. The van der Waals surface area contributed by atoms with Crippen LogP contribution in [0.2, 0.25) is 0 Å². The first-order valence-corrected chi connectivity index (χ1v) is 9.94. The maximum absolute atomic E-state index is 13.3. The van der Waals surface area contributed by atoms with Gasteiger partial charge in [-0.3, -0.25) is 4.90 Å². The van der Waals surface area contributed by atoms with Gasteiger partial charge in [-0.25, -0.2) is 9.59 Å². The van der Waals surface area contributed by atoms with E-state index in [1.54, 1.807) is 12.1 Å². The first-order chi connectivity index (χ1) is 15.2. The van der Waals surface area contributed by atoms with E-state index < -0.39 is 23.7 Å². The Morgan fingerprint density at radius 1 is 0.969 bits per heavy atom. The predicted octanol–water partition coefficient (Wildman–Crippen LogP) is 3.78. The van der Waals surface area contributed by atoms with Gasteiger partial charge in [0.05, 0.1) is 5.56 Å². The number of carboxylic acid groups (broad SMARTS) is 2. The Bertz CT molecular complexity index is 895. The zero-order chi connectivity index (χ0) is 23.6.